The third kappa shape index (κ3) is 7.61. The summed E-state index contributed by atoms with van der Waals surface area (Å²) in [7, 11) is 0.551. The lowest BCUT2D eigenvalue weighted by Gasteiger charge is -2.34. The molecule has 1 saturated heterocycles. The number of carbonyl (C=O) groups excluding carboxylic acids is 1. The molecule has 1 aliphatic heterocycles. The molecule has 0 saturated carbocycles. The smallest absolute Gasteiger partial charge is 0.319 e. The van der Waals surface area contributed by atoms with Gasteiger partial charge in [-0.15, -0.1) is 0 Å². The van der Waals surface area contributed by atoms with Crippen LogP contribution in [0.4, 0.5) is 16.3 Å². The fraction of sp³-hybridized carbons (Fsp3) is 0.542. The fourth-order valence-electron chi connectivity index (χ4n) is 3.54. The van der Waals surface area contributed by atoms with E-state index >= 15 is 0 Å². The molecule has 1 aromatic carbocycles. The van der Waals surface area contributed by atoms with Crippen LogP contribution in [0.5, 0.6) is 0 Å². The molecular formula is C24H36N6O4S. The van der Waals surface area contributed by atoms with E-state index in [-0.39, 0.29) is 17.8 Å². The molecule has 2 amide bonds. The predicted octanol–water partition coefficient (Wildman–Crippen LogP) is 2.38. The summed E-state index contributed by atoms with van der Waals surface area (Å²) in [5.74, 6) is 0.970. The normalized spacial score (nSPS) is 16.5. The van der Waals surface area contributed by atoms with E-state index in [2.05, 4.69) is 27.4 Å². The molecule has 1 aromatic heterocycles. The molecule has 10 nitrogen and oxygen atoms in total. The summed E-state index contributed by atoms with van der Waals surface area (Å²) in [5.41, 5.74) is 1.83. The van der Waals surface area contributed by atoms with Gasteiger partial charge in [-0.1, -0.05) is 0 Å². The van der Waals surface area contributed by atoms with E-state index < -0.39 is 15.1 Å². The first-order valence-corrected chi connectivity index (χ1v) is 13.5. The van der Waals surface area contributed by atoms with Crippen molar-refractivity contribution in [2.75, 3.05) is 57.2 Å². The number of benzene rings is 1. The van der Waals surface area contributed by atoms with Gasteiger partial charge in [0.25, 0.3) is 0 Å². The van der Waals surface area contributed by atoms with Gasteiger partial charge in [0.1, 0.15) is 5.82 Å². The van der Waals surface area contributed by atoms with Gasteiger partial charge in [0.05, 0.1) is 36.0 Å². The quantitative estimate of drug-likeness (QED) is 0.535. The number of amides is 2. The van der Waals surface area contributed by atoms with Crippen LogP contribution in [0.2, 0.25) is 0 Å². The van der Waals surface area contributed by atoms with Gasteiger partial charge < -0.3 is 25.2 Å². The standard InChI is InChI=1S/C24H36N6O4S/c1-17(2)35(32,33)16-21-14-22(30-12-13-34-15-18(30)3)28-23(26-21)19-6-8-20(9-7-19)27-24(31)25-10-11-29(4)5/h6-9,14,17-18H,10-13,15-16H2,1-5H3,(H2,25,27,31)/t18-/m0/s1. The fourth-order valence-corrected chi connectivity index (χ4v) is 4.44. The summed E-state index contributed by atoms with van der Waals surface area (Å²) in [4.78, 5) is 25.5. The zero-order valence-electron chi connectivity index (χ0n) is 21.1. The Hall–Kier alpha value is -2.76. The van der Waals surface area contributed by atoms with Crippen molar-refractivity contribution >= 4 is 27.4 Å². The minimum atomic E-state index is -3.34. The lowest BCUT2D eigenvalue weighted by molar-refractivity contribution is 0.0985. The highest BCUT2D eigenvalue weighted by molar-refractivity contribution is 7.91. The summed E-state index contributed by atoms with van der Waals surface area (Å²) < 4.78 is 30.8. The first-order valence-electron chi connectivity index (χ1n) is 11.8. The molecule has 2 N–H and O–H groups in total. The van der Waals surface area contributed by atoms with Crippen molar-refractivity contribution in [3.63, 3.8) is 0 Å². The van der Waals surface area contributed by atoms with Gasteiger partial charge in [-0.2, -0.15) is 0 Å². The highest BCUT2D eigenvalue weighted by Gasteiger charge is 2.24. The van der Waals surface area contributed by atoms with Crippen molar-refractivity contribution < 1.29 is 17.9 Å². The number of nitrogens with zero attached hydrogens (tertiary/aromatic N) is 4. The second-order valence-electron chi connectivity index (χ2n) is 9.28. The van der Waals surface area contributed by atoms with Crippen LogP contribution in [-0.2, 0) is 20.3 Å². The molecule has 3 rings (SSSR count). The first-order chi connectivity index (χ1) is 16.5. The Bertz CT molecular complexity index is 1110. The molecule has 35 heavy (non-hydrogen) atoms. The topological polar surface area (TPSA) is 117 Å². The van der Waals surface area contributed by atoms with Crippen LogP contribution < -0.4 is 15.5 Å². The van der Waals surface area contributed by atoms with E-state index in [1.165, 1.54) is 0 Å². The van der Waals surface area contributed by atoms with Gasteiger partial charge in [-0.3, -0.25) is 0 Å². The molecule has 0 spiro atoms. The Morgan fingerprint density at radius 1 is 1.23 bits per heavy atom. The van der Waals surface area contributed by atoms with E-state index in [0.717, 1.165) is 12.1 Å². The van der Waals surface area contributed by atoms with Crippen molar-refractivity contribution in [3.05, 3.63) is 36.0 Å². The molecule has 192 valence electrons. The third-order valence-corrected chi connectivity index (χ3v) is 7.88. The van der Waals surface area contributed by atoms with Gasteiger partial charge >= 0.3 is 6.03 Å². The van der Waals surface area contributed by atoms with Crippen molar-refractivity contribution in [2.24, 2.45) is 0 Å². The maximum absolute atomic E-state index is 12.6. The average molecular weight is 505 g/mol. The van der Waals surface area contributed by atoms with Crippen LogP contribution in [-0.4, -0.2) is 87.6 Å². The number of hydrogen-bond donors (Lipinski definition) is 2. The number of rotatable bonds is 9. The minimum absolute atomic E-state index is 0.110. The lowest BCUT2D eigenvalue weighted by Crippen LogP contribution is -2.44. The molecule has 1 fully saturated rings. The number of carbonyl (C=O) groups is 1. The molecule has 1 atom stereocenters. The Balaban J connectivity index is 1.84. The Morgan fingerprint density at radius 2 is 1.94 bits per heavy atom. The van der Waals surface area contributed by atoms with E-state index in [1.54, 1.807) is 32.0 Å². The van der Waals surface area contributed by atoms with Crippen molar-refractivity contribution in [3.8, 4) is 11.4 Å². The number of morpholine rings is 1. The Labute approximate surface area is 208 Å². The zero-order chi connectivity index (χ0) is 25.6. The lowest BCUT2D eigenvalue weighted by atomic mass is 10.2. The van der Waals surface area contributed by atoms with Crippen molar-refractivity contribution in [1.29, 1.82) is 0 Å². The average Bonchev–Trinajstić information content (AvgIpc) is 2.79. The SMILES string of the molecule is CC(C)S(=O)(=O)Cc1cc(N2CCOC[C@@H]2C)nc(-c2ccc(NC(=O)NCCN(C)C)cc2)n1. The Kier molecular flexibility index (Phi) is 9.03. The van der Waals surface area contributed by atoms with E-state index in [1.807, 2.05) is 31.1 Å². The number of ether oxygens (including phenoxy) is 1. The highest BCUT2D eigenvalue weighted by atomic mass is 32.2. The number of anilines is 2. The second-order valence-corrected chi connectivity index (χ2v) is 11.8. The highest BCUT2D eigenvalue weighted by Crippen LogP contribution is 2.25. The van der Waals surface area contributed by atoms with E-state index in [4.69, 9.17) is 9.72 Å². The molecule has 11 heteroatoms. The van der Waals surface area contributed by atoms with Crippen molar-refractivity contribution in [2.45, 2.75) is 37.8 Å². The van der Waals surface area contributed by atoms with Crippen LogP contribution in [0, 0.1) is 0 Å². The van der Waals surface area contributed by atoms with Gasteiger partial charge in [0.15, 0.2) is 15.7 Å². The molecule has 2 heterocycles. The molecular weight excluding hydrogens is 468 g/mol. The molecule has 1 aliphatic rings. The molecule has 0 radical (unpaired) electrons. The van der Waals surface area contributed by atoms with Gasteiger partial charge in [-0.25, -0.2) is 23.2 Å². The summed E-state index contributed by atoms with van der Waals surface area (Å²) in [6, 6.07) is 8.78. The van der Waals surface area contributed by atoms with Crippen LogP contribution in [0.15, 0.2) is 30.3 Å². The van der Waals surface area contributed by atoms with Crippen LogP contribution in [0.3, 0.4) is 0 Å². The van der Waals surface area contributed by atoms with Crippen LogP contribution in [0.1, 0.15) is 26.5 Å². The third-order valence-electron chi connectivity index (χ3n) is 5.74. The van der Waals surface area contributed by atoms with E-state index in [9.17, 15) is 13.2 Å². The van der Waals surface area contributed by atoms with Gasteiger partial charge in [0, 0.05) is 37.0 Å². The van der Waals surface area contributed by atoms with Crippen LogP contribution in [0.25, 0.3) is 11.4 Å². The van der Waals surface area contributed by atoms with Gasteiger partial charge in [-0.05, 0) is 59.1 Å². The summed E-state index contributed by atoms with van der Waals surface area (Å²) in [5, 5.41) is 5.11. The number of sulfone groups is 1. The zero-order valence-corrected chi connectivity index (χ0v) is 21.9. The van der Waals surface area contributed by atoms with E-state index in [0.29, 0.717) is 49.3 Å². The van der Waals surface area contributed by atoms with Gasteiger partial charge in [0.2, 0.25) is 0 Å². The predicted molar refractivity (Wildman–Crippen MR) is 138 cm³/mol. The first kappa shape index (κ1) is 26.8. The summed E-state index contributed by atoms with van der Waals surface area (Å²) in [6.07, 6.45) is 0. The maximum atomic E-state index is 12.6. The number of urea groups is 1. The molecule has 0 aliphatic carbocycles. The summed E-state index contributed by atoms with van der Waals surface area (Å²) in [6.45, 7) is 8.51. The summed E-state index contributed by atoms with van der Waals surface area (Å²) >= 11 is 0. The second kappa shape index (κ2) is 11.8. The largest absolute Gasteiger partial charge is 0.377 e. The Morgan fingerprint density at radius 3 is 2.57 bits per heavy atom. The monoisotopic (exact) mass is 504 g/mol. The number of aromatic nitrogens is 2. The maximum Gasteiger partial charge on any atom is 0.319 e. The number of hydrogen-bond acceptors (Lipinski definition) is 8. The minimum Gasteiger partial charge on any atom is -0.377 e. The molecule has 2 aromatic rings. The number of likely N-dealkylation sites (N-methyl/N-ethyl adjacent to an activating group) is 1. The number of nitrogens with one attached hydrogen (secondary N) is 2. The van der Waals surface area contributed by atoms with Crippen LogP contribution >= 0.6 is 0 Å². The molecule has 0 bridgehead atoms. The van der Waals surface area contributed by atoms with Crippen molar-refractivity contribution in [1.82, 2.24) is 20.2 Å². The molecule has 0 unspecified atom stereocenters.